The van der Waals surface area contributed by atoms with Gasteiger partial charge in [0.2, 0.25) is 0 Å². The zero-order valence-electron chi connectivity index (χ0n) is 16.1. The molecule has 1 unspecified atom stereocenters. The van der Waals surface area contributed by atoms with Gasteiger partial charge in [0, 0.05) is 16.0 Å². The number of aromatic nitrogens is 2. The molecule has 0 aliphatic rings. The summed E-state index contributed by atoms with van der Waals surface area (Å²) in [5.41, 5.74) is 2.67. The molecule has 0 radical (unpaired) electrons. The van der Waals surface area contributed by atoms with Crippen molar-refractivity contribution in [3.05, 3.63) is 63.8 Å². The van der Waals surface area contributed by atoms with E-state index in [1.54, 1.807) is 48.7 Å². The van der Waals surface area contributed by atoms with Crippen LogP contribution < -0.4 is 5.32 Å². The third-order valence-electron chi connectivity index (χ3n) is 4.42. The molecule has 0 spiro atoms. The topological polar surface area (TPSA) is 94.3 Å². The molecule has 0 aliphatic heterocycles. The van der Waals surface area contributed by atoms with Crippen LogP contribution in [-0.4, -0.2) is 27.9 Å². The van der Waals surface area contributed by atoms with Crippen molar-refractivity contribution in [2.45, 2.75) is 19.4 Å². The average molecular weight is 476 g/mol. The van der Waals surface area contributed by atoms with Gasteiger partial charge in [-0.05, 0) is 42.8 Å². The summed E-state index contributed by atoms with van der Waals surface area (Å²) in [6.07, 6.45) is 0.610. The lowest BCUT2D eigenvalue weighted by molar-refractivity contribution is -0.124. The Kier molecular flexibility index (Phi) is 6.22. The van der Waals surface area contributed by atoms with Gasteiger partial charge in [0.05, 0.1) is 16.3 Å². The van der Waals surface area contributed by atoms with Gasteiger partial charge in [0.25, 0.3) is 5.91 Å². The minimum atomic E-state index is -0.980. The van der Waals surface area contributed by atoms with E-state index in [9.17, 15) is 9.59 Å². The van der Waals surface area contributed by atoms with E-state index in [4.69, 9.17) is 32.4 Å². The number of ether oxygens (including phenoxy) is 1. The largest absolute Gasteiger partial charge is 0.449 e. The van der Waals surface area contributed by atoms with E-state index in [2.05, 4.69) is 15.3 Å². The quantitative estimate of drug-likeness (QED) is 0.352. The number of nitrogens with one attached hydrogen (secondary N) is 1. The maximum Gasteiger partial charge on any atom is 0.338 e. The van der Waals surface area contributed by atoms with Crippen LogP contribution in [0.2, 0.25) is 10.0 Å². The van der Waals surface area contributed by atoms with E-state index in [1.165, 1.54) is 17.7 Å². The van der Waals surface area contributed by atoms with Gasteiger partial charge >= 0.3 is 5.97 Å². The summed E-state index contributed by atoms with van der Waals surface area (Å²) in [5.74, 6) is -1.10. The lowest BCUT2D eigenvalue weighted by Crippen LogP contribution is -2.32. The van der Waals surface area contributed by atoms with Crippen molar-refractivity contribution in [2.24, 2.45) is 0 Å². The summed E-state index contributed by atoms with van der Waals surface area (Å²) in [4.78, 5) is 33.5. The molecule has 0 aliphatic carbocycles. The van der Waals surface area contributed by atoms with Gasteiger partial charge in [-0.3, -0.25) is 10.1 Å². The van der Waals surface area contributed by atoms with Gasteiger partial charge in [0.1, 0.15) is 5.52 Å². The van der Waals surface area contributed by atoms with Crippen LogP contribution in [0.4, 0.5) is 5.13 Å². The summed E-state index contributed by atoms with van der Waals surface area (Å²) in [5, 5.41) is 5.80. The number of nitrogens with zero attached hydrogens (tertiary/aromatic N) is 2. The minimum absolute atomic E-state index is 0.279. The van der Waals surface area contributed by atoms with Gasteiger partial charge < -0.3 is 9.15 Å². The Labute approximate surface area is 191 Å². The van der Waals surface area contributed by atoms with E-state index >= 15 is 0 Å². The SMILES string of the molecule is CCC(OC(=O)c1ccc2ocnc2c1)C(=O)Nc1nc(-c2ccc(Cl)cc2Cl)cs1. The maximum atomic E-state index is 12.6. The zero-order chi connectivity index (χ0) is 22.0. The second-order valence-electron chi connectivity index (χ2n) is 6.49. The predicted octanol–water partition coefficient (Wildman–Crippen LogP) is 5.83. The molecule has 158 valence electrons. The smallest absolute Gasteiger partial charge is 0.338 e. The average Bonchev–Trinajstić information content (AvgIpc) is 3.40. The summed E-state index contributed by atoms with van der Waals surface area (Å²) in [6, 6.07) is 9.83. The number of carbonyl (C=O) groups is 2. The van der Waals surface area contributed by atoms with Gasteiger partial charge in [-0.25, -0.2) is 14.8 Å². The summed E-state index contributed by atoms with van der Waals surface area (Å²) >= 11 is 13.4. The fraction of sp³-hybridized carbons (Fsp3) is 0.143. The van der Waals surface area contributed by atoms with Gasteiger partial charge in [0.15, 0.2) is 23.2 Å². The normalized spacial score (nSPS) is 12.0. The molecule has 4 rings (SSSR count). The van der Waals surface area contributed by atoms with Crippen LogP contribution in [0.15, 0.2) is 52.6 Å². The molecule has 10 heteroatoms. The summed E-state index contributed by atoms with van der Waals surface area (Å²) in [7, 11) is 0. The van der Waals surface area contributed by atoms with Crippen LogP contribution in [0, 0.1) is 0 Å². The number of benzene rings is 2. The zero-order valence-corrected chi connectivity index (χ0v) is 18.4. The number of esters is 1. The number of anilines is 1. The highest BCUT2D eigenvalue weighted by Gasteiger charge is 2.23. The minimum Gasteiger partial charge on any atom is -0.449 e. The summed E-state index contributed by atoms with van der Waals surface area (Å²) in [6.45, 7) is 1.75. The fourth-order valence-corrected chi connectivity index (χ4v) is 4.06. The third kappa shape index (κ3) is 4.71. The summed E-state index contributed by atoms with van der Waals surface area (Å²) < 4.78 is 10.6. The first kappa shape index (κ1) is 21.3. The molecule has 1 atom stereocenters. The maximum absolute atomic E-state index is 12.6. The van der Waals surface area contributed by atoms with E-state index < -0.39 is 18.0 Å². The van der Waals surface area contributed by atoms with Crippen LogP contribution in [-0.2, 0) is 9.53 Å². The molecule has 7 nitrogen and oxygen atoms in total. The molecule has 4 aromatic rings. The first-order chi connectivity index (χ1) is 14.9. The van der Waals surface area contributed by atoms with E-state index in [0.29, 0.717) is 44.0 Å². The van der Waals surface area contributed by atoms with Crippen LogP contribution in [0.5, 0.6) is 0 Å². The number of amides is 1. The molecule has 2 heterocycles. The molecule has 0 fully saturated rings. The second kappa shape index (κ2) is 9.05. The Morgan fingerprint density at radius 1 is 1.23 bits per heavy atom. The van der Waals surface area contributed by atoms with Crippen molar-refractivity contribution in [2.75, 3.05) is 5.32 Å². The molecule has 0 bridgehead atoms. The monoisotopic (exact) mass is 475 g/mol. The number of hydrogen-bond acceptors (Lipinski definition) is 7. The molecule has 0 saturated heterocycles. The van der Waals surface area contributed by atoms with Gasteiger partial charge in [-0.1, -0.05) is 30.1 Å². The third-order valence-corrected chi connectivity index (χ3v) is 5.73. The molecule has 1 amide bonds. The molecule has 1 N–H and O–H groups in total. The predicted molar refractivity (Wildman–Crippen MR) is 120 cm³/mol. The first-order valence-corrected chi connectivity index (χ1v) is 10.8. The van der Waals surface area contributed by atoms with Crippen LogP contribution in [0.1, 0.15) is 23.7 Å². The van der Waals surface area contributed by atoms with Crippen molar-refractivity contribution in [3.8, 4) is 11.3 Å². The molecule has 0 saturated carbocycles. The van der Waals surface area contributed by atoms with Crippen molar-refractivity contribution < 1.29 is 18.7 Å². The molecular formula is C21H15Cl2N3O4S. The number of carbonyl (C=O) groups excluding carboxylic acids is 2. The Bertz CT molecular complexity index is 1270. The van der Waals surface area contributed by atoms with Crippen LogP contribution in [0.3, 0.4) is 0 Å². The van der Waals surface area contributed by atoms with Crippen molar-refractivity contribution in [1.82, 2.24) is 9.97 Å². The van der Waals surface area contributed by atoms with Crippen LogP contribution >= 0.6 is 34.5 Å². The molecular weight excluding hydrogens is 461 g/mol. The Morgan fingerprint density at radius 2 is 2.06 bits per heavy atom. The number of rotatable bonds is 6. The second-order valence-corrected chi connectivity index (χ2v) is 8.19. The van der Waals surface area contributed by atoms with E-state index in [1.807, 2.05) is 0 Å². The van der Waals surface area contributed by atoms with Gasteiger partial charge in [-0.2, -0.15) is 0 Å². The number of oxazole rings is 1. The molecule has 2 aromatic carbocycles. The number of fused-ring (bicyclic) bond motifs is 1. The number of halogens is 2. The van der Waals surface area contributed by atoms with Crippen molar-refractivity contribution >= 4 is 62.6 Å². The number of hydrogen-bond donors (Lipinski definition) is 1. The Balaban J connectivity index is 1.44. The highest BCUT2D eigenvalue weighted by Crippen LogP contribution is 2.32. The lowest BCUT2D eigenvalue weighted by atomic mass is 10.2. The first-order valence-electron chi connectivity index (χ1n) is 9.20. The highest BCUT2D eigenvalue weighted by atomic mass is 35.5. The standard InChI is InChI=1S/C21H15Cl2N3O4S/c1-2-17(30-20(28)11-3-6-18-15(7-11)24-10-29-18)19(27)26-21-25-16(9-31-21)13-5-4-12(22)8-14(13)23/h3-10,17H,2H2,1H3,(H,25,26,27). The Hall–Kier alpha value is -2.94. The lowest BCUT2D eigenvalue weighted by Gasteiger charge is -2.15. The van der Waals surface area contributed by atoms with E-state index in [0.717, 1.165) is 0 Å². The van der Waals surface area contributed by atoms with Crippen molar-refractivity contribution in [3.63, 3.8) is 0 Å². The van der Waals surface area contributed by atoms with Crippen molar-refractivity contribution in [1.29, 1.82) is 0 Å². The molecule has 31 heavy (non-hydrogen) atoms. The molecule has 2 aromatic heterocycles. The Morgan fingerprint density at radius 3 is 2.84 bits per heavy atom. The highest BCUT2D eigenvalue weighted by molar-refractivity contribution is 7.14. The fourth-order valence-electron chi connectivity index (χ4n) is 2.84. The van der Waals surface area contributed by atoms with Crippen LogP contribution in [0.25, 0.3) is 22.4 Å². The van der Waals surface area contributed by atoms with E-state index in [-0.39, 0.29) is 5.56 Å². The van der Waals surface area contributed by atoms with Gasteiger partial charge in [-0.15, -0.1) is 11.3 Å². The number of thiazole rings is 1.